The normalized spacial score (nSPS) is 13.0. The fourth-order valence-electron chi connectivity index (χ4n) is 2.18. The minimum atomic E-state index is -0.401. The van der Waals surface area contributed by atoms with Crippen molar-refractivity contribution in [2.24, 2.45) is 5.10 Å². The Morgan fingerprint density at radius 3 is 2.70 bits per heavy atom. The molecule has 0 bridgehead atoms. The van der Waals surface area contributed by atoms with Crippen molar-refractivity contribution in [3.63, 3.8) is 0 Å². The van der Waals surface area contributed by atoms with Crippen molar-refractivity contribution in [2.45, 2.75) is 31.3 Å². The molecule has 9 heteroatoms. The third-order valence-corrected chi connectivity index (χ3v) is 4.33. The number of nitrogens with zero attached hydrogens (tertiary/aromatic N) is 5. The molecule has 122 valence electrons. The molecule has 0 radical (unpaired) electrons. The molecule has 2 heterocycles. The van der Waals surface area contributed by atoms with Gasteiger partial charge < -0.3 is 0 Å². The van der Waals surface area contributed by atoms with E-state index in [0.29, 0.717) is 5.75 Å². The molecule has 23 heavy (non-hydrogen) atoms. The van der Waals surface area contributed by atoms with Crippen LogP contribution in [0.4, 0.5) is 5.69 Å². The zero-order valence-corrected chi connectivity index (χ0v) is 15.0. The Kier molecular flexibility index (Phi) is 5.89. The Balaban J connectivity index is 0.00000192. The second-order valence-corrected chi connectivity index (χ2v) is 5.90. The van der Waals surface area contributed by atoms with Crippen molar-refractivity contribution in [3.05, 3.63) is 45.8 Å². The molecular formula is C14H16BrN5O2S. The van der Waals surface area contributed by atoms with Gasteiger partial charge in [-0.1, -0.05) is 25.1 Å². The maximum atomic E-state index is 10.7. The maximum Gasteiger partial charge on any atom is 0.269 e. The van der Waals surface area contributed by atoms with Gasteiger partial charge in [-0.2, -0.15) is 9.78 Å². The second kappa shape index (κ2) is 7.69. The average Bonchev–Trinajstić information content (AvgIpc) is 2.95. The fraction of sp³-hybridized carbons (Fsp3) is 0.357. The van der Waals surface area contributed by atoms with E-state index in [2.05, 4.69) is 22.2 Å². The first-order valence-electron chi connectivity index (χ1n) is 7.09. The Morgan fingerprint density at radius 1 is 1.30 bits per heavy atom. The monoisotopic (exact) mass is 397 g/mol. The summed E-state index contributed by atoms with van der Waals surface area (Å²) < 4.78 is 1.79. The largest absolute Gasteiger partial charge is 0.269 e. The minimum absolute atomic E-state index is 0. The zero-order chi connectivity index (χ0) is 15.5. The van der Waals surface area contributed by atoms with E-state index in [4.69, 9.17) is 0 Å². The van der Waals surface area contributed by atoms with Crippen LogP contribution in [0.2, 0.25) is 0 Å². The summed E-state index contributed by atoms with van der Waals surface area (Å²) in [4.78, 5) is 10.3. The smallest absolute Gasteiger partial charge is 0.258 e. The molecule has 1 aliphatic rings. The summed E-state index contributed by atoms with van der Waals surface area (Å²) in [5.41, 5.74) is 1.85. The van der Waals surface area contributed by atoms with Gasteiger partial charge in [0.15, 0.2) is 5.82 Å². The lowest BCUT2D eigenvalue weighted by atomic mass is 10.1. The summed E-state index contributed by atoms with van der Waals surface area (Å²) >= 11 is 1.58. The Hall–Kier alpha value is -1.74. The van der Waals surface area contributed by atoms with Crippen molar-refractivity contribution < 1.29 is 4.92 Å². The molecule has 0 saturated heterocycles. The van der Waals surface area contributed by atoms with E-state index >= 15 is 0 Å². The summed E-state index contributed by atoms with van der Waals surface area (Å²) in [7, 11) is 0. The van der Waals surface area contributed by atoms with Crippen LogP contribution in [0.25, 0.3) is 0 Å². The van der Waals surface area contributed by atoms with Gasteiger partial charge in [0, 0.05) is 24.3 Å². The lowest BCUT2D eigenvalue weighted by Crippen LogP contribution is -2.14. The van der Waals surface area contributed by atoms with Crippen LogP contribution in [0.3, 0.4) is 0 Å². The third-order valence-electron chi connectivity index (χ3n) is 3.40. The third kappa shape index (κ3) is 3.78. The molecule has 1 aromatic carbocycles. The molecule has 2 aromatic rings. The maximum absolute atomic E-state index is 10.7. The minimum Gasteiger partial charge on any atom is -0.258 e. The van der Waals surface area contributed by atoms with Gasteiger partial charge in [0.25, 0.3) is 5.69 Å². The number of nitro benzene ring substituents is 1. The molecule has 3 rings (SSSR count). The van der Waals surface area contributed by atoms with E-state index in [9.17, 15) is 10.1 Å². The summed E-state index contributed by atoms with van der Waals surface area (Å²) in [5.74, 6) is 1.55. The van der Waals surface area contributed by atoms with E-state index in [0.717, 1.165) is 41.5 Å². The standard InChI is InChI=1S/C14H15N5O2S.BrH/c1-2-3-4-13-15-16-14-18(13)17-12(9-22-14)10-5-7-11(8-6-10)19(20)21;/h5-8H,2-4,9H2,1H3;1H. The van der Waals surface area contributed by atoms with Crippen molar-refractivity contribution in [3.8, 4) is 0 Å². The van der Waals surface area contributed by atoms with Crippen molar-refractivity contribution in [1.82, 2.24) is 14.9 Å². The second-order valence-electron chi connectivity index (χ2n) is 4.95. The Bertz CT molecular complexity index is 729. The number of nitro groups is 1. The average molecular weight is 398 g/mol. The number of rotatable bonds is 5. The number of non-ortho nitro benzene ring substituents is 1. The van der Waals surface area contributed by atoms with Crippen molar-refractivity contribution in [1.29, 1.82) is 0 Å². The highest BCUT2D eigenvalue weighted by Crippen LogP contribution is 2.25. The number of thioether (sulfide) groups is 1. The van der Waals surface area contributed by atoms with Crippen LogP contribution in [-0.4, -0.2) is 31.3 Å². The fourth-order valence-corrected chi connectivity index (χ4v) is 3.03. The highest BCUT2D eigenvalue weighted by molar-refractivity contribution is 8.93. The van der Waals surface area contributed by atoms with E-state index in [1.807, 2.05) is 0 Å². The van der Waals surface area contributed by atoms with Crippen LogP contribution >= 0.6 is 28.7 Å². The zero-order valence-electron chi connectivity index (χ0n) is 12.5. The first-order valence-corrected chi connectivity index (χ1v) is 8.07. The molecular weight excluding hydrogens is 382 g/mol. The number of hydrogen-bond acceptors (Lipinski definition) is 6. The predicted molar refractivity (Wildman–Crippen MR) is 94.7 cm³/mol. The number of halogens is 1. The van der Waals surface area contributed by atoms with Gasteiger partial charge in [0.1, 0.15) is 0 Å². The summed E-state index contributed by atoms with van der Waals surface area (Å²) in [6.07, 6.45) is 2.99. The van der Waals surface area contributed by atoms with Gasteiger partial charge in [-0.3, -0.25) is 10.1 Å². The van der Waals surface area contributed by atoms with Gasteiger partial charge >= 0.3 is 0 Å². The van der Waals surface area contributed by atoms with Crippen molar-refractivity contribution >= 4 is 40.1 Å². The quantitative estimate of drug-likeness (QED) is 0.569. The number of aromatic nitrogens is 3. The molecule has 0 fully saturated rings. The topological polar surface area (TPSA) is 86.2 Å². The molecule has 0 saturated carbocycles. The van der Waals surface area contributed by atoms with Crippen LogP contribution in [0, 0.1) is 10.1 Å². The van der Waals surface area contributed by atoms with Gasteiger partial charge in [0.05, 0.1) is 10.6 Å². The molecule has 7 nitrogen and oxygen atoms in total. The van der Waals surface area contributed by atoms with Crippen LogP contribution in [-0.2, 0) is 6.42 Å². The molecule has 1 aromatic heterocycles. The Labute approximate surface area is 148 Å². The molecule has 0 aliphatic carbocycles. The lowest BCUT2D eigenvalue weighted by Gasteiger charge is -2.13. The molecule has 0 N–H and O–H groups in total. The number of aryl methyl sites for hydroxylation is 1. The van der Waals surface area contributed by atoms with Gasteiger partial charge in [-0.25, -0.2) is 0 Å². The van der Waals surface area contributed by atoms with Gasteiger partial charge in [0.2, 0.25) is 5.16 Å². The first-order chi connectivity index (χ1) is 10.7. The van der Waals surface area contributed by atoms with Gasteiger partial charge in [-0.15, -0.1) is 27.2 Å². The highest BCUT2D eigenvalue weighted by atomic mass is 79.9. The number of benzene rings is 1. The first kappa shape index (κ1) is 17.6. The van der Waals surface area contributed by atoms with Crippen LogP contribution in [0.5, 0.6) is 0 Å². The Morgan fingerprint density at radius 2 is 2.04 bits per heavy atom. The number of hydrogen-bond donors (Lipinski definition) is 0. The molecule has 0 unspecified atom stereocenters. The van der Waals surface area contributed by atoms with Crippen LogP contribution < -0.4 is 0 Å². The molecule has 0 spiro atoms. The summed E-state index contributed by atoms with van der Waals surface area (Å²) in [6.45, 7) is 2.13. The van der Waals surface area contributed by atoms with E-state index in [-0.39, 0.29) is 22.7 Å². The summed E-state index contributed by atoms with van der Waals surface area (Å²) in [5, 5.41) is 24.5. The van der Waals surface area contributed by atoms with E-state index in [1.165, 1.54) is 12.1 Å². The van der Waals surface area contributed by atoms with Gasteiger partial charge in [-0.05, 0) is 24.1 Å². The van der Waals surface area contributed by atoms with E-state index < -0.39 is 4.92 Å². The molecule has 0 atom stereocenters. The van der Waals surface area contributed by atoms with Crippen LogP contribution in [0.1, 0.15) is 31.2 Å². The lowest BCUT2D eigenvalue weighted by molar-refractivity contribution is -0.384. The molecule has 0 amide bonds. The highest BCUT2D eigenvalue weighted by Gasteiger charge is 2.19. The number of fused-ring (bicyclic) bond motifs is 1. The van der Waals surface area contributed by atoms with E-state index in [1.54, 1.807) is 28.6 Å². The van der Waals surface area contributed by atoms with Crippen LogP contribution in [0.15, 0.2) is 34.5 Å². The molecule has 1 aliphatic heterocycles. The SMILES string of the molecule is Br.CCCCc1nnc2n1N=C(c1ccc([N+](=O)[O-])cc1)CS2. The summed E-state index contributed by atoms with van der Waals surface area (Å²) in [6, 6.07) is 6.47. The van der Waals surface area contributed by atoms with Crippen molar-refractivity contribution in [2.75, 3.05) is 5.75 Å². The predicted octanol–water partition coefficient (Wildman–Crippen LogP) is 3.46. The number of unbranched alkanes of at least 4 members (excludes halogenated alkanes) is 1.